The highest BCUT2D eigenvalue weighted by Crippen LogP contribution is 2.06. The van der Waals surface area contributed by atoms with E-state index < -0.39 is 6.03 Å². The third-order valence-corrected chi connectivity index (χ3v) is 3.70. The number of benzene rings is 1. The summed E-state index contributed by atoms with van der Waals surface area (Å²) in [5, 5.41) is 13.9. The van der Waals surface area contributed by atoms with Crippen molar-refractivity contribution in [2.45, 2.75) is 32.4 Å². The maximum atomic E-state index is 13.0. The topological polar surface area (TPSA) is 86.9 Å². The fourth-order valence-electron chi connectivity index (χ4n) is 2.29. The highest BCUT2D eigenvalue weighted by molar-refractivity contribution is 5.89. The van der Waals surface area contributed by atoms with Gasteiger partial charge >= 0.3 is 6.03 Å². The first kappa shape index (κ1) is 18.2. The number of aromatic nitrogens is 1. The van der Waals surface area contributed by atoms with Crippen LogP contribution in [0, 0.1) is 17.1 Å². The molecule has 1 aromatic carbocycles. The van der Waals surface area contributed by atoms with Gasteiger partial charge in [0, 0.05) is 12.2 Å². The molecule has 0 radical (unpaired) electrons. The summed E-state index contributed by atoms with van der Waals surface area (Å²) in [4.78, 5) is 24.4. The number of urea groups is 1. The first-order valence-corrected chi connectivity index (χ1v) is 7.91. The Balaban J connectivity index is 2.10. The number of carbonyl (C=O) groups excluding carboxylic acids is 1. The Bertz CT molecular complexity index is 824. The van der Waals surface area contributed by atoms with Crippen LogP contribution in [0.25, 0.3) is 0 Å². The molecule has 0 aliphatic rings. The molecule has 6 nitrogen and oxygen atoms in total. The number of hydrogen-bond acceptors (Lipinski definition) is 3. The van der Waals surface area contributed by atoms with Crippen LogP contribution in [-0.2, 0) is 6.54 Å². The summed E-state index contributed by atoms with van der Waals surface area (Å²) in [6.45, 7) is 2.13. The lowest BCUT2D eigenvalue weighted by atomic mass is 10.2. The van der Waals surface area contributed by atoms with Gasteiger partial charge in [-0.2, -0.15) is 5.26 Å². The molecule has 0 spiro atoms. The van der Waals surface area contributed by atoms with Crippen molar-refractivity contribution < 1.29 is 9.18 Å². The quantitative estimate of drug-likeness (QED) is 0.846. The summed E-state index contributed by atoms with van der Waals surface area (Å²) in [5.41, 5.74) is 0.536. The molecular weight excluding hydrogens is 323 g/mol. The lowest BCUT2D eigenvalue weighted by Gasteiger charge is -2.15. The number of nitrogens with one attached hydrogen (secondary N) is 2. The van der Waals surface area contributed by atoms with E-state index in [1.165, 1.54) is 22.8 Å². The van der Waals surface area contributed by atoms with Crippen LogP contribution >= 0.6 is 0 Å². The number of carbonyl (C=O) groups is 1. The molecule has 0 bridgehead atoms. The van der Waals surface area contributed by atoms with E-state index in [4.69, 9.17) is 5.26 Å². The summed E-state index contributed by atoms with van der Waals surface area (Å²) < 4.78 is 14.4. The Labute approximate surface area is 144 Å². The summed E-state index contributed by atoms with van der Waals surface area (Å²) >= 11 is 0. The number of pyridine rings is 1. The van der Waals surface area contributed by atoms with Crippen molar-refractivity contribution >= 4 is 11.7 Å². The van der Waals surface area contributed by atoms with Crippen LogP contribution in [0.2, 0.25) is 0 Å². The molecule has 1 atom stereocenters. The molecule has 2 amide bonds. The van der Waals surface area contributed by atoms with Crippen molar-refractivity contribution in [3.63, 3.8) is 0 Å². The fourth-order valence-corrected chi connectivity index (χ4v) is 2.29. The van der Waals surface area contributed by atoms with Crippen molar-refractivity contribution in [2.24, 2.45) is 0 Å². The second kappa shape index (κ2) is 8.64. The molecule has 0 aliphatic heterocycles. The van der Waals surface area contributed by atoms with Gasteiger partial charge in [-0.3, -0.25) is 4.79 Å². The van der Waals surface area contributed by atoms with Gasteiger partial charge in [-0.25, -0.2) is 9.18 Å². The van der Waals surface area contributed by atoms with Gasteiger partial charge in [0.1, 0.15) is 11.5 Å². The van der Waals surface area contributed by atoms with E-state index in [1.54, 1.807) is 24.4 Å². The SMILES string of the molecule is CC[C@@H](CC#N)NC(=O)Nc1cccn(Cc2ccc(F)cc2)c1=O. The first-order valence-electron chi connectivity index (χ1n) is 7.91. The Morgan fingerprint density at radius 1 is 1.32 bits per heavy atom. The van der Waals surface area contributed by atoms with Crippen molar-refractivity contribution in [2.75, 3.05) is 5.32 Å². The van der Waals surface area contributed by atoms with E-state index in [0.29, 0.717) is 6.42 Å². The van der Waals surface area contributed by atoms with Gasteiger partial charge in [0.25, 0.3) is 5.56 Å². The van der Waals surface area contributed by atoms with Crippen LogP contribution in [0.3, 0.4) is 0 Å². The average Bonchev–Trinajstić information content (AvgIpc) is 2.60. The third-order valence-electron chi connectivity index (χ3n) is 3.70. The highest BCUT2D eigenvalue weighted by atomic mass is 19.1. The van der Waals surface area contributed by atoms with E-state index >= 15 is 0 Å². The number of nitriles is 1. The normalized spacial score (nSPS) is 11.4. The Morgan fingerprint density at radius 3 is 2.68 bits per heavy atom. The molecule has 130 valence electrons. The number of rotatable bonds is 6. The zero-order valence-corrected chi connectivity index (χ0v) is 13.8. The molecule has 0 unspecified atom stereocenters. The lowest BCUT2D eigenvalue weighted by Crippen LogP contribution is -2.39. The van der Waals surface area contributed by atoms with Crippen LogP contribution in [0.15, 0.2) is 47.4 Å². The molecule has 0 saturated carbocycles. The zero-order valence-electron chi connectivity index (χ0n) is 13.8. The number of nitrogens with zero attached hydrogens (tertiary/aromatic N) is 2. The summed E-state index contributed by atoms with van der Waals surface area (Å²) in [7, 11) is 0. The molecule has 2 N–H and O–H groups in total. The highest BCUT2D eigenvalue weighted by Gasteiger charge is 2.12. The van der Waals surface area contributed by atoms with Crippen molar-refractivity contribution in [1.82, 2.24) is 9.88 Å². The monoisotopic (exact) mass is 342 g/mol. The van der Waals surface area contributed by atoms with Gasteiger partial charge < -0.3 is 15.2 Å². The van der Waals surface area contributed by atoms with Gasteiger partial charge in [-0.1, -0.05) is 19.1 Å². The molecule has 1 aromatic heterocycles. The van der Waals surface area contributed by atoms with E-state index in [-0.39, 0.29) is 36.1 Å². The number of halogens is 1. The van der Waals surface area contributed by atoms with E-state index in [1.807, 2.05) is 13.0 Å². The summed E-state index contributed by atoms with van der Waals surface area (Å²) in [6, 6.07) is 10.2. The van der Waals surface area contributed by atoms with Gasteiger partial charge in [0.15, 0.2) is 0 Å². The minimum atomic E-state index is -0.529. The van der Waals surface area contributed by atoms with Gasteiger partial charge in [0.05, 0.1) is 19.0 Å². The van der Waals surface area contributed by atoms with Crippen molar-refractivity contribution in [3.8, 4) is 6.07 Å². The van der Waals surface area contributed by atoms with Crippen LogP contribution in [-0.4, -0.2) is 16.6 Å². The van der Waals surface area contributed by atoms with Gasteiger partial charge in [-0.05, 0) is 36.2 Å². The van der Waals surface area contributed by atoms with E-state index in [0.717, 1.165) is 5.56 Å². The average molecular weight is 342 g/mol. The fraction of sp³-hybridized carbons (Fsp3) is 0.278. The van der Waals surface area contributed by atoms with Gasteiger partial charge in [0.2, 0.25) is 0 Å². The Morgan fingerprint density at radius 2 is 2.04 bits per heavy atom. The molecule has 0 aliphatic carbocycles. The minimum Gasteiger partial charge on any atom is -0.334 e. The number of hydrogen-bond donors (Lipinski definition) is 2. The zero-order chi connectivity index (χ0) is 18.2. The smallest absolute Gasteiger partial charge is 0.319 e. The number of amides is 2. The molecule has 1 heterocycles. The second-order valence-corrected chi connectivity index (χ2v) is 5.55. The predicted octanol–water partition coefficient (Wildman–Crippen LogP) is 2.85. The second-order valence-electron chi connectivity index (χ2n) is 5.55. The molecule has 0 fully saturated rings. The van der Waals surface area contributed by atoms with Crippen LogP contribution < -0.4 is 16.2 Å². The Kier molecular flexibility index (Phi) is 6.29. The maximum Gasteiger partial charge on any atom is 0.319 e. The van der Waals surface area contributed by atoms with Crippen LogP contribution in [0.5, 0.6) is 0 Å². The first-order chi connectivity index (χ1) is 12.0. The molecule has 2 rings (SSSR count). The van der Waals surface area contributed by atoms with E-state index in [2.05, 4.69) is 10.6 Å². The van der Waals surface area contributed by atoms with Crippen molar-refractivity contribution in [3.05, 3.63) is 64.3 Å². The molecular formula is C18H19FN4O2. The molecule has 7 heteroatoms. The standard InChI is InChI=1S/C18H19FN4O2/c1-2-15(9-10-20)21-18(25)22-16-4-3-11-23(17(16)24)12-13-5-7-14(19)8-6-13/h3-8,11,15H,2,9,12H2,1H3,(H2,21,22,25)/t15-/m0/s1. The van der Waals surface area contributed by atoms with E-state index in [9.17, 15) is 14.0 Å². The molecule has 0 saturated heterocycles. The van der Waals surface area contributed by atoms with Crippen molar-refractivity contribution in [1.29, 1.82) is 5.26 Å². The summed E-state index contributed by atoms with van der Waals surface area (Å²) in [6.07, 6.45) is 2.41. The molecule has 25 heavy (non-hydrogen) atoms. The summed E-state index contributed by atoms with van der Waals surface area (Å²) in [5.74, 6) is -0.342. The van der Waals surface area contributed by atoms with Crippen LogP contribution in [0.1, 0.15) is 25.3 Å². The largest absolute Gasteiger partial charge is 0.334 e. The Hall–Kier alpha value is -3.14. The lowest BCUT2D eigenvalue weighted by molar-refractivity contribution is 0.248. The van der Waals surface area contributed by atoms with Crippen LogP contribution in [0.4, 0.5) is 14.9 Å². The number of anilines is 1. The maximum absolute atomic E-state index is 13.0. The predicted molar refractivity (Wildman–Crippen MR) is 92.7 cm³/mol. The van der Waals surface area contributed by atoms with Gasteiger partial charge in [-0.15, -0.1) is 0 Å². The minimum absolute atomic E-state index is 0.133. The third kappa shape index (κ3) is 5.18. The molecule has 2 aromatic rings.